The van der Waals surface area contributed by atoms with E-state index in [-0.39, 0.29) is 5.41 Å². The molecule has 0 fully saturated rings. The Morgan fingerprint density at radius 2 is 0.743 bits per heavy atom. The van der Waals surface area contributed by atoms with Gasteiger partial charge in [-0.3, -0.25) is 0 Å². The molecular formula is C31H60O2S2. The third-order valence-electron chi connectivity index (χ3n) is 6.65. The van der Waals surface area contributed by atoms with Crippen molar-refractivity contribution < 1.29 is 9.47 Å². The van der Waals surface area contributed by atoms with Crippen molar-refractivity contribution in [1.82, 2.24) is 0 Å². The van der Waals surface area contributed by atoms with Crippen molar-refractivity contribution in [3.8, 4) is 0 Å². The molecule has 0 saturated carbocycles. The van der Waals surface area contributed by atoms with Crippen LogP contribution in [-0.2, 0) is 9.47 Å². The van der Waals surface area contributed by atoms with Gasteiger partial charge in [-0.1, -0.05) is 150 Å². The van der Waals surface area contributed by atoms with Crippen molar-refractivity contribution in [3.05, 3.63) is 0 Å². The van der Waals surface area contributed by atoms with Gasteiger partial charge in [0.05, 0.1) is 0 Å². The average molecular weight is 529 g/mol. The van der Waals surface area contributed by atoms with E-state index < -0.39 is 6.29 Å². The summed E-state index contributed by atoms with van der Waals surface area (Å²) in [6.45, 7) is 10.9. The first-order valence-corrected chi connectivity index (χ1v) is 16.0. The summed E-state index contributed by atoms with van der Waals surface area (Å²) in [5, 5.41) is 1.34. The van der Waals surface area contributed by atoms with Crippen LogP contribution in [0.5, 0.6) is 0 Å². The zero-order valence-corrected chi connectivity index (χ0v) is 25.9. The highest BCUT2D eigenvalue weighted by Gasteiger charge is 2.30. The van der Waals surface area contributed by atoms with Crippen molar-refractivity contribution in [2.24, 2.45) is 5.41 Å². The summed E-state index contributed by atoms with van der Waals surface area (Å²) in [6.07, 6.45) is 27.9. The van der Waals surface area contributed by atoms with Gasteiger partial charge in [0, 0.05) is 18.3 Å². The molecule has 0 bridgehead atoms. The Morgan fingerprint density at radius 3 is 1.00 bits per heavy atom. The smallest absolute Gasteiger partial charge is 0.247 e. The van der Waals surface area contributed by atoms with E-state index in [1.54, 1.807) is 0 Å². The molecule has 0 aromatic rings. The first kappa shape index (κ1) is 34.8. The monoisotopic (exact) mass is 528 g/mol. The fraction of sp³-hybridized carbons (Fsp3) is 0.935. The molecule has 0 aliphatic rings. The Balaban J connectivity index is 3.91. The van der Waals surface area contributed by atoms with Crippen LogP contribution < -0.4 is 0 Å². The van der Waals surface area contributed by atoms with Crippen molar-refractivity contribution in [3.63, 3.8) is 0 Å². The van der Waals surface area contributed by atoms with Crippen LogP contribution >= 0.6 is 24.4 Å². The quantitative estimate of drug-likeness (QED) is 0.0704. The van der Waals surface area contributed by atoms with Crippen molar-refractivity contribution >= 4 is 34.5 Å². The highest BCUT2D eigenvalue weighted by molar-refractivity contribution is 7.80. The molecule has 0 heterocycles. The lowest BCUT2D eigenvalue weighted by molar-refractivity contribution is -0.0898. The Kier molecular flexibility index (Phi) is 24.0. The summed E-state index contributed by atoms with van der Waals surface area (Å²) in [5.41, 5.74) is -0.163. The van der Waals surface area contributed by atoms with Crippen LogP contribution in [0.1, 0.15) is 176 Å². The number of rotatable bonds is 24. The zero-order chi connectivity index (χ0) is 26.2. The third kappa shape index (κ3) is 23.9. The van der Waals surface area contributed by atoms with Crippen molar-refractivity contribution in [1.29, 1.82) is 0 Å². The number of hydrogen-bond acceptors (Lipinski definition) is 4. The van der Waals surface area contributed by atoms with Gasteiger partial charge in [0.15, 0.2) is 10.1 Å². The standard InChI is InChI=1S/C31H60O2S2/c1-6-8-10-12-14-16-18-20-22-24-26-28(34)32-30(31(3,4)5)33-29(35)27-25-23-21-19-17-15-13-11-9-7-2/h30H,6-27H2,1-5H3. The summed E-state index contributed by atoms with van der Waals surface area (Å²) in [7, 11) is 0. The highest BCUT2D eigenvalue weighted by atomic mass is 32.1. The summed E-state index contributed by atoms with van der Waals surface area (Å²) in [5.74, 6) is 0. The topological polar surface area (TPSA) is 18.5 Å². The van der Waals surface area contributed by atoms with Crippen LogP contribution in [0.15, 0.2) is 0 Å². The largest absolute Gasteiger partial charge is 0.448 e. The molecule has 0 amide bonds. The molecule has 0 radical (unpaired) electrons. The number of ether oxygens (including phenoxy) is 2. The van der Waals surface area contributed by atoms with E-state index in [9.17, 15) is 0 Å². The second-order valence-corrected chi connectivity index (χ2v) is 12.5. The fourth-order valence-electron chi connectivity index (χ4n) is 4.25. The normalized spacial score (nSPS) is 11.7. The van der Waals surface area contributed by atoms with Gasteiger partial charge in [0.25, 0.3) is 0 Å². The van der Waals surface area contributed by atoms with Gasteiger partial charge in [-0.2, -0.15) is 0 Å². The van der Waals surface area contributed by atoms with E-state index in [0.717, 1.165) is 25.7 Å². The molecule has 0 N–H and O–H groups in total. The molecule has 0 saturated heterocycles. The lowest BCUT2D eigenvalue weighted by atomic mass is 9.96. The predicted octanol–water partition coefficient (Wildman–Crippen LogP) is 11.7. The third-order valence-corrected chi connectivity index (χ3v) is 7.25. The lowest BCUT2D eigenvalue weighted by Crippen LogP contribution is -2.35. The molecule has 0 unspecified atom stereocenters. The maximum Gasteiger partial charge on any atom is 0.247 e. The Hall–Kier alpha value is -0.220. The molecule has 0 aromatic heterocycles. The molecule has 4 heteroatoms. The maximum absolute atomic E-state index is 6.09. The first-order chi connectivity index (χ1) is 16.8. The van der Waals surface area contributed by atoms with Crippen molar-refractivity contribution in [2.75, 3.05) is 0 Å². The van der Waals surface area contributed by atoms with Gasteiger partial charge in [-0.25, -0.2) is 0 Å². The Morgan fingerprint density at radius 1 is 0.486 bits per heavy atom. The Bertz CT molecular complexity index is 461. The summed E-state index contributed by atoms with van der Waals surface area (Å²) in [6, 6.07) is 0. The number of unbranched alkanes of at least 4 members (excludes halogenated alkanes) is 18. The van der Waals surface area contributed by atoms with E-state index in [2.05, 4.69) is 34.6 Å². The molecular weight excluding hydrogens is 468 g/mol. The second kappa shape index (κ2) is 24.1. The molecule has 0 aromatic carbocycles. The molecule has 35 heavy (non-hydrogen) atoms. The molecule has 0 rings (SSSR count). The average Bonchev–Trinajstić information content (AvgIpc) is 2.80. The van der Waals surface area contributed by atoms with Crippen LogP contribution in [0.2, 0.25) is 0 Å². The van der Waals surface area contributed by atoms with Gasteiger partial charge in [-0.05, 0) is 37.3 Å². The fourth-order valence-corrected chi connectivity index (χ4v) is 4.71. The van der Waals surface area contributed by atoms with Crippen LogP contribution in [0.4, 0.5) is 0 Å². The van der Waals surface area contributed by atoms with Crippen LogP contribution in [0, 0.1) is 5.41 Å². The van der Waals surface area contributed by atoms with Crippen LogP contribution in [0.3, 0.4) is 0 Å². The van der Waals surface area contributed by atoms with Gasteiger partial charge in [-0.15, -0.1) is 0 Å². The molecule has 0 aliphatic carbocycles. The maximum atomic E-state index is 6.09. The van der Waals surface area contributed by atoms with E-state index >= 15 is 0 Å². The molecule has 0 spiro atoms. The molecule has 2 nitrogen and oxygen atoms in total. The second-order valence-electron chi connectivity index (χ2n) is 11.5. The minimum absolute atomic E-state index is 0.163. The van der Waals surface area contributed by atoms with Crippen LogP contribution in [-0.4, -0.2) is 16.4 Å². The van der Waals surface area contributed by atoms with E-state index in [0.29, 0.717) is 10.1 Å². The summed E-state index contributed by atoms with van der Waals surface area (Å²) in [4.78, 5) is 0. The molecule has 0 aliphatic heterocycles. The lowest BCUT2D eigenvalue weighted by Gasteiger charge is -2.31. The summed E-state index contributed by atoms with van der Waals surface area (Å²) < 4.78 is 12.2. The first-order valence-electron chi connectivity index (χ1n) is 15.2. The zero-order valence-electron chi connectivity index (χ0n) is 24.3. The highest BCUT2D eigenvalue weighted by Crippen LogP contribution is 2.26. The van der Waals surface area contributed by atoms with Crippen molar-refractivity contribution in [2.45, 2.75) is 182 Å². The van der Waals surface area contributed by atoms with Gasteiger partial charge in [0.2, 0.25) is 6.29 Å². The van der Waals surface area contributed by atoms with E-state index in [1.807, 2.05) is 0 Å². The number of hydrogen-bond donors (Lipinski definition) is 0. The van der Waals surface area contributed by atoms with Gasteiger partial charge >= 0.3 is 0 Å². The number of thiocarbonyl (C=S) groups is 2. The van der Waals surface area contributed by atoms with Gasteiger partial charge in [0.1, 0.15) is 0 Å². The molecule has 0 atom stereocenters. The molecule has 208 valence electrons. The minimum atomic E-state index is -0.395. The van der Waals surface area contributed by atoms with E-state index in [4.69, 9.17) is 33.9 Å². The minimum Gasteiger partial charge on any atom is -0.448 e. The SMILES string of the molecule is CCCCCCCCCCCCC(=S)OC(OC(=S)CCCCCCCCCCCC)C(C)(C)C. The Labute approximate surface area is 231 Å². The van der Waals surface area contributed by atoms with Gasteiger partial charge < -0.3 is 9.47 Å². The summed E-state index contributed by atoms with van der Waals surface area (Å²) >= 11 is 11.1. The van der Waals surface area contributed by atoms with Crippen LogP contribution in [0.25, 0.3) is 0 Å². The predicted molar refractivity (Wildman–Crippen MR) is 164 cm³/mol. The van der Waals surface area contributed by atoms with E-state index in [1.165, 1.54) is 116 Å².